The van der Waals surface area contributed by atoms with E-state index in [1.807, 2.05) is 12.2 Å². The largest absolute Gasteiger partial charge is 0.303 e. The molecule has 1 aliphatic rings. The van der Waals surface area contributed by atoms with E-state index in [4.69, 9.17) is 0 Å². The van der Waals surface area contributed by atoms with E-state index in [2.05, 4.69) is 6.08 Å². The van der Waals surface area contributed by atoms with Gasteiger partial charge in [0.2, 0.25) is 0 Å². The minimum Gasteiger partial charge on any atom is -0.303 e. The van der Waals surface area contributed by atoms with Crippen LogP contribution in [0, 0.1) is 5.41 Å². The fraction of sp³-hybridized carbons (Fsp3) is 0.533. The molecule has 0 amide bonds. The Bertz CT molecular complexity index is 388. The lowest BCUT2D eigenvalue weighted by Crippen LogP contribution is -2.38. The van der Waals surface area contributed by atoms with Crippen LogP contribution in [0.1, 0.15) is 46.0 Å². The molecular weight excluding hydrogens is 228 g/mol. The Morgan fingerprint density at radius 3 is 2.50 bits per heavy atom. The molecule has 0 atom stereocenters. The van der Waals surface area contributed by atoms with E-state index in [9.17, 15) is 14.4 Å². The maximum absolute atomic E-state index is 11.8. The summed E-state index contributed by atoms with van der Waals surface area (Å²) >= 11 is 0. The fourth-order valence-corrected chi connectivity index (χ4v) is 2.39. The molecule has 0 saturated carbocycles. The minimum atomic E-state index is -0.820. The quantitative estimate of drug-likeness (QED) is 0.412. The van der Waals surface area contributed by atoms with E-state index in [0.717, 1.165) is 18.3 Å². The summed E-state index contributed by atoms with van der Waals surface area (Å²) in [6.07, 6.45) is 9.89. The van der Waals surface area contributed by atoms with Crippen molar-refractivity contribution in [3.63, 3.8) is 0 Å². The van der Waals surface area contributed by atoms with Gasteiger partial charge in [-0.1, -0.05) is 23.8 Å². The zero-order valence-electron chi connectivity index (χ0n) is 11.1. The van der Waals surface area contributed by atoms with Crippen LogP contribution >= 0.6 is 0 Å². The summed E-state index contributed by atoms with van der Waals surface area (Å²) in [5.41, 5.74) is 0.205. The monoisotopic (exact) mass is 248 g/mol. The molecule has 3 nitrogen and oxygen atoms in total. The SMILES string of the molecule is CC(=O)C1(C(C)=O)CCC=C(C=CCCC=O)C1. The first-order chi connectivity index (χ1) is 8.53. The first-order valence-electron chi connectivity index (χ1n) is 6.34. The molecule has 0 spiro atoms. The molecule has 0 aromatic rings. The Balaban J connectivity index is 2.77. The highest BCUT2D eigenvalue weighted by atomic mass is 16.2. The van der Waals surface area contributed by atoms with Gasteiger partial charge in [0.25, 0.3) is 0 Å². The average Bonchev–Trinajstić information content (AvgIpc) is 2.34. The molecule has 0 N–H and O–H groups in total. The highest BCUT2D eigenvalue weighted by molar-refractivity contribution is 6.05. The second kappa shape index (κ2) is 6.43. The predicted molar refractivity (Wildman–Crippen MR) is 70.2 cm³/mol. The van der Waals surface area contributed by atoms with Crippen LogP contribution in [0.3, 0.4) is 0 Å². The van der Waals surface area contributed by atoms with Crippen molar-refractivity contribution in [2.24, 2.45) is 5.41 Å². The highest BCUT2D eigenvalue weighted by Crippen LogP contribution is 2.38. The van der Waals surface area contributed by atoms with Gasteiger partial charge in [-0.15, -0.1) is 0 Å². The summed E-state index contributed by atoms with van der Waals surface area (Å²) in [5, 5.41) is 0. The first-order valence-corrected chi connectivity index (χ1v) is 6.34. The fourth-order valence-electron chi connectivity index (χ4n) is 2.39. The standard InChI is InChI=1S/C15H20O3/c1-12(17)15(13(2)18)9-6-8-14(11-15)7-4-3-5-10-16/h4,7-8,10H,3,5-6,9,11H2,1-2H3. The zero-order valence-corrected chi connectivity index (χ0v) is 11.1. The molecule has 0 aromatic carbocycles. The van der Waals surface area contributed by atoms with E-state index in [1.54, 1.807) is 0 Å². The van der Waals surface area contributed by atoms with Crippen molar-refractivity contribution in [3.8, 4) is 0 Å². The third kappa shape index (κ3) is 3.25. The first kappa shape index (κ1) is 14.6. The van der Waals surface area contributed by atoms with Crippen molar-refractivity contribution in [2.75, 3.05) is 0 Å². The Morgan fingerprint density at radius 2 is 1.94 bits per heavy atom. The Kier molecular flexibility index (Phi) is 5.20. The summed E-state index contributed by atoms with van der Waals surface area (Å²) in [4.78, 5) is 33.7. The van der Waals surface area contributed by atoms with Gasteiger partial charge in [-0.3, -0.25) is 9.59 Å². The number of carbonyl (C=O) groups is 3. The summed E-state index contributed by atoms with van der Waals surface area (Å²) in [6, 6.07) is 0. The number of hydrogen-bond donors (Lipinski definition) is 0. The van der Waals surface area contributed by atoms with Crippen molar-refractivity contribution in [1.82, 2.24) is 0 Å². The van der Waals surface area contributed by atoms with Gasteiger partial charge in [0.15, 0.2) is 0 Å². The van der Waals surface area contributed by atoms with Gasteiger partial charge in [-0.2, -0.15) is 0 Å². The molecule has 0 fully saturated rings. The van der Waals surface area contributed by atoms with Crippen LogP contribution in [0.15, 0.2) is 23.8 Å². The van der Waals surface area contributed by atoms with Crippen molar-refractivity contribution in [1.29, 1.82) is 0 Å². The van der Waals surface area contributed by atoms with Crippen molar-refractivity contribution in [3.05, 3.63) is 23.8 Å². The molecule has 0 bridgehead atoms. The van der Waals surface area contributed by atoms with Crippen LogP contribution in [0.5, 0.6) is 0 Å². The number of hydrogen-bond acceptors (Lipinski definition) is 3. The molecule has 0 unspecified atom stereocenters. The zero-order chi connectivity index (χ0) is 13.6. The van der Waals surface area contributed by atoms with E-state index < -0.39 is 5.41 Å². The molecule has 0 saturated heterocycles. The lowest BCUT2D eigenvalue weighted by Gasteiger charge is -2.32. The topological polar surface area (TPSA) is 51.2 Å². The number of Topliss-reactive ketones (excluding diaryl/α,β-unsaturated/α-hetero) is 2. The number of carbonyl (C=O) groups excluding carboxylic acids is 3. The van der Waals surface area contributed by atoms with Gasteiger partial charge in [0.1, 0.15) is 17.9 Å². The average molecular weight is 248 g/mol. The third-order valence-corrected chi connectivity index (χ3v) is 3.61. The van der Waals surface area contributed by atoms with E-state index in [0.29, 0.717) is 25.7 Å². The van der Waals surface area contributed by atoms with Gasteiger partial charge >= 0.3 is 0 Å². The van der Waals surface area contributed by atoms with E-state index >= 15 is 0 Å². The van der Waals surface area contributed by atoms with Crippen molar-refractivity contribution in [2.45, 2.75) is 46.0 Å². The number of ketones is 2. The summed E-state index contributed by atoms with van der Waals surface area (Å²) in [6.45, 7) is 3.00. The highest BCUT2D eigenvalue weighted by Gasteiger charge is 2.41. The molecule has 3 heteroatoms. The molecular formula is C15H20O3. The number of rotatable bonds is 6. The third-order valence-electron chi connectivity index (χ3n) is 3.61. The van der Waals surface area contributed by atoms with Crippen LogP contribution in [-0.4, -0.2) is 17.9 Å². The maximum atomic E-state index is 11.8. The van der Waals surface area contributed by atoms with E-state index in [1.165, 1.54) is 13.8 Å². The normalized spacial score (nSPS) is 18.4. The maximum Gasteiger partial charge on any atom is 0.143 e. The van der Waals surface area contributed by atoms with Gasteiger partial charge < -0.3 is 4.79 Å². The van der Waals surface area contributed by atoms with Gasteiger partial charge in [0.05, 0.1) is 5.41 Å². The van der Waals surface area contributed by atoms with Crippen LogP contribution in [0.25, 0.3) is 0 Å². The molecule has 18 heavy (non-hydrogen) atoms. The molecule has 0 radical (unpaired) electrons. The van der Waals surface area contributed by atoms with Crippen LogP contribution in [0.4, 0.5) is 0 Å². The molecule has 98 valence electrons. The molecule has 0 heterocycles. The van der Waals surface area contributed by atoms with Crippen LogP contribution in [0.2, 0.25) is 0 Å². The molecule has 0 aliphatic heterocycles. The summed E-state index contributed by atoms with van der Waals surface area (Å²) < 4.78 is 0. The Labute approximate surface area is 108 Å². The lowest BCUT2D eigenvalue weighted by atomic mass is 9.69. The van der Waals surface area contributed by atoms with E-state index in [-0.39, 0.29) is 11.6 Å². The summed E-state index contributed by atoms with van der Waals surface area (Å²) in [7, 11) is 0. The second-order valence-corrected chi connectivity index (χ2v) is 4.84. The molecule has 1 rings (SSSR count). The smallest absolute Gasteiger partial charge is 0.143 e. The Hall–Kier alpha value is -1.51. The van der Waals surface area contributed by atoms with Crippen LogP contribution < -0.4 is 0 Å². The van der Waals surface area contributed by atoms with Gasteiger partial charge in [0, 0.05) is 6.42 Å². The number of allylic oxidation sites excluding steroid dienone is 4. The number of aldehydes is 1. The summed E-state index contributed by atoms with van der Waals surface area (Å²) in [5.74, 6) is -0.0798. The lowest BCUT2D eigenvalue weighted by molar-refractivity contribution is -0.139. The van der Waals surface area contributed by atoms with Crippen LogP contribution in [-0.2, 0) is 14.4 Å². The van der Waals surface area contributed by atoms with Crippen molar-refractivity contribution < 1.29 is 14.4 Å². The predicted octanol–water partition coefficient (Wildman–Crippen LogP) is 2.80. The van der Waals surface area contributed by atoms with Gasteiger partial charge in [-0.25, -0.2) is 0 Å². The number of unbranched alkanes of at least 4 members (excludes halogenated alkanes) is 1. The molecule has 0 aromatic heterocycles. The Morgan fingerprint density at radius 1 is 1.28 bits per heavy atom. The van der Waals surface area contributed by atoms with Gasteiger partial charge in [-0.05, 0) is 39.5 Å². The minimum absolute atomic E-state index is 0.0399. The molecule has 1 aliphatic carbocycles. The second-order valence-electron chi connectivity index (χ2n) is 4.84. The van der Waals surface area contributed by atoms with Crippen molar-refractivity contribution >= 4 is 17.9 Å².